The molecule has 4 aromatic carbocycles. The van der Waals surface area contributed by atoms with E-state index in [0.29, 0.717) is 25.8 Å². The van der Waals surface area contributed by atoms with Crippen molar-refractivity contribution in [1.82, 2.24) is 10.2 Å². The predicted molar refractivity (Wildman–Crippen MR) is 158 cm³/mol. The maximum Gasteiger partial charge on any atom is 0.243 e. The van der Waals surface area contributed by atoms with Crippen molar-refractivity contribution in [2.24, 2.45) is 0 Å². The van der Waals surface area contributed by atoms with Crippen molar-refractivity contribution in [2.75, 3.05) is 0 Å². The Labute approximate surface area is 232 Å². The molecule has 1 N–H and O–H groups in total. The molecular formula is C35H38N2O2. The second-order valence-corrected chi connectivity index (χ2v) is 10.8. The number of hydrogen-bond donors (Lipinski definition) is 1. The van der Waals surface area contributed by atoms with Crippen LogP contribution in [0, 0.1) is 6.92 Å². The van der Waals surface area contributed by atoms with Gasteiger partial charge in [0.05, 0.1) is 0 Å². The van der Waals surface area contributed by atoms with Crippen LogP contribution in [0.5, 0.6) is 0 Å². The minimum atomic E-state index is -0.576. The van der Waals surface area contributed by atoms with Gasteiger partial charge in [-0.15, -0.1) is 0 Å². The highest BCUT2D eigenvalue weighted by molar-refractivity contribution is 5.89. The summed E-state index contributed by atoms with van der Waals surface area (Å²) < 4.78 is 0. The molecule has 0 heterocycles. The van der Waals surface area contributed by atoms with Gasteiger partial charge in [0.15, 0.2) is 0 Å². The van der Waals surface area contributed by atoms with E-state index in [1.165, 1.54) is 10.8 Å². The highest BCUT2D eigenvalue weighted by atomic mass is 16.2. The third-order valence-electron chi connectivity index (χ3n) is 8.06. The first-order chi connectivity index (χ1) is 19.1. The van der Waals surface area contributed by atoms with E-state index in [-0.39, 0.29) is 17.9 Å². The van der Waals surface area contributed by atoms with Crippen molar-refractivity contribution in [3.63, 3.8) is 0 Å². The van der Waals surface area contributed by atoms with E-state index >= 15 is 0 Å². The number of aryl methyl sites for hydroxylation is 2. The summed E-state index contributed by atoms with van der Waals surface area (Å²) in [5.74, 6) is -0.0356. The lowest BCUT2D eigenvalue weighted by molar-refractivity contribution is -0.141. The van der Waals surface area contributed by atoms with Crippen molar-refractivity contribution in [2.45, 2.75) is 70.5 Å². The van der Waals surface area contributed by atoms with Gasteiger partial charge in [-0.3, -0.25) is 9.59 Å². The van der Waals surface area contributed by atoms with Crippen LogP contribution >= 0.6 is 0 Å². The van der Waals surface area contributed by atoms with Gasteiger partial charge in [-0.1, -0.05) is 110 Å². The van der Waals surface area contributed by atoms with Gasteiger partial charge in [0.25, 0.3) is 0 Å². The molecule has 1 atom stereocenters. The molecule has 39 heavy (non-hydrogen) atoms. The molecule has 4 aromatic rings. The summed E-state index contributed by atoms with van der Waals surface area (Å²) in [5, 5.41) is 5.66. The van der Waals surface area contributed by atoms with Crippen molar-refractivity contribution < 1.29 is 9.59 Å². The lowest BCUT2D eigenvalue weighted by atomic mass is 9.98. The first-order valence-corrected chi connectivity index (χ1v) is 14.2. The topological polar surface area (TPSA) is 49.4 Å². The number of carbonyl (C=O) groups is 2. The van der Waals surface area contributed by atoms with Crippen molar-refractivity contribution >= 4 is 22.6 Å². The van der Waals surface area contributed by atoms with Gasteiger partial charge >= 0.3 is 0 Å². The monoisotopic (exact) mass is 518 g/mol. The van der Waals surface area contributed by atoms with E-state index in [2.05, 4.69) is 54.7 Å². The third kappa shape index (κ3) is 6.75. The molecule has 4 nitrogen and oxygen atoms in total. The number of nitrogens with zero attached hydrogens (tertiary/aromatic N) is 1. The molecule has 4 heteroatoms. The Balaban J connectivity index is 1.44. The van der Waals surface area contributed by atoms with E-state index in [4.69, 9.17) is 0 Å². The van der Waals surface area contributed by atoms with Crippen LogP contribution in [0.3, 0.4) is 0 Å². The molecule has 0 bridgehead atoms. The van der Waals surface area contributed by atoms with Crippen LogP contribution in [-0.4, -0.2) is 28.8 Å². The minimum absolute atomic E-state index is 0.00805. The molecule has 0 radical (unpaired) electrons. The molecule has 0 spiro atoms. The fraction of sp³-hybridized carbons (Fsp3) is 0.314. The van der Waals surface area contributed by atoms with E-state index in [0.717, 1.165) is 47.9 Å². The normalized spacial score (nSPS) is 14.3. The largest absolute Gasteiger partial charge is 0.352 e. The van der Waals surface area contributed by atoms with E-state index in [1.54, 1.807) is 0 Å². The Morgan fingerprint density at radius 2 is 1.49 bits per heavy atom. The Hall–Kier alpha value is -3.92. The molecule has 1 aliphatic carbocycles. The standard InChI is InChI=1S/C35H38N2O2/c1-26-12-5-6-16-30(26)25-37(34(38)23-22-29-18-11-17-28-15-7-10-21-32(28)29)33(24-27-13-3-2-4-14-27)35(39)36-31-19-8-9-20-31/h2-7,10-18,21,31,33H,8-9,19-20,22-25H2,1H3,(H,36,39)/t33-/m1/s1. The van der Waals surface area contributed by atoms with Crippen LogP contribution in [0.2, 0.25) is 0 Å². The Morgan fingerprint density at radius 3 is 2.28 bits per heavy atom. The Kier molecular flexibility index (Phi) is 8.72. The van der Waals surface area contributed by atoms with Crippen molar-refractivity contribution in [1.29, 1.82) is 0 Å². The van der Waals surface area contributed by atoms with Gasteiger partial charge < -0.3 is 10.2 Å². The van der Waals surface area contributed by atoms with Crippen molar-refractivity contribution in [3.8, 4) is 0 Å². The SMILES string of the molecule is Cc1ccccc1CN(C(=O)CCc1cccc2ccccc12)[C@H](Cc1ccccc1)C(=O)NC1CCCC1. The van der Waals surface area contributed by atoms with Gasteiger partial charge in [0.2, 0.25) is 11.8 Å². The van der Waals surface area contributed by atoms with Gasteiger partial charge in [0.1, 0.15) is 6.04 Å². The molecular weight excluding hydrogens is 480 g/mol. The summed E-state index contributed by atoms with van der Waals surface area (Å²) in [5.41, 5.74) is 4.41. The van der Waals surface area contributed by atoms with Crippen LogP contribution < -0.4 is 5.32 Å². The average molecular weight is 519 g/mol. The second kappa shape index (κ2) is 12.8. The fourth-order valence-electron chi connectivity index (χ4n) is 5.79. The maximum atomic E-state index is 14.1. The molecule has 0 aromatic heterocycles. The molecule has 0 aliphatic heterocycles. The number of hydrogen-bond acceptors (Lipinski definition) is 2. The molecule has 200 valence electrons. The van der Waals surface area contributed by atoms with Crippen LogP contribution in [0.15, 0.2) is 97.1 Å². The van der Waals surface area contributed by atoms with Crippen LogP contribution in [0.1, 0.15) is 54.4 Å². The molecule has 1 fully saturated rings. The fourth-order valence-corrected chi connectivity index (χ4v) is 5.79. The minimum Gasteiger partial charge on any atom is -0.352 e. The first-order valence-electron chi connectivity index (χ1n) is 14.2. The Morgan fingerprint density at radius 1 is 0.821 bits per heavy atom. The van der Waals surface area contributed by atoms with Crippen LogP contribution in [0.25, 0.3) is 10.8 Å². The second-order valence-electron chi connectivity index (χ2n) is 10.8. The lowest BCUT2D eigenvalue weighted by Gasteiger charge is -2.33. The zero-order valence-corrected chi connectivity index (χ0v) is 22.8. The number of carbonyl (C=O) groups excluding carboxylic acids is 2. The average Bonchev–Trinajstić information content (AvgIpc) is 3.48. The Bertz CT molecular complexity index is 1400. The quantitative estimate of drug-likeness (QED) is 0.252. The smallest absolute Gasteiger partial charge is 0.243 e. The number of benzene rings is 4. The molecule has 1 saturated carbocycles. The van der Waals surface area contributed by atoms with Crippen LogP contribution in [0.4, 0.5) is 0 Å². The molecule has 0 saturated heterocycles. The summed E-state index contributed by atoms with van der Waals surface area (Å²) in [7, 11) is 0. The van der Waals surface area contributed by atoms with Gasteiger partial charge in [0, 0.05) is 25.4 Å². The van der Waals surface area contributed by atoms with E-state index in [1.807, 2.05) is 59.5 Å². The summed E-state index contributed by atoms with van der Waals surface area (Å²) in [6.45, 7) is 2.48. The summed E-state index contributed by atoms with van der Waals surface area (Å²) in [4.78, 5) is 29.8. The lowest BCUT2D eigenvalue weighted by Crippen LogP contribution is -2.52. The summed E-state index contributed by atoms with van der Waals surface area (Å²) >= 11 is 0. The zero-order chi connectivity index (χ0) is 27.0. The van der Waals surface area contributed by atoms with Crippen molar-refractivity contribution in [3.05, 3.63) is 119 Å². The summed E-state index contributed by atoms with van der Waals surface area (Å²) in [6.07, 6.45) is 5.78. The number of rotatable bonds is 10. The molecule has 0 unspecified atom stereocenters. The predicted octanol–water partition coefficient (Wildman–Crippen LogP) is 6.78. The zero-order valence-electron chi connectivity index (χ0n) is 22.8. The third-order valence-corrected chi connectivity index (χ3v) is 8.06. The van der Waals surface area contributed by atoms with Gasteiger partial charge in [-0.2, -0.15) is 0 Å². The van der Waals surface area contributed by atoms with E-state index in [9.17, 15) is 9.59 Å². The van der Waals surface area contributed by atoms with Crippen LogP contribution in [-0.2, 0) is 29.0 Å². The molecule has 1 aliphatic rings. The number of fused-ring (bicyclic) bond motifs is 1. The highest BCUT2D eigenvalue weighted by Crippen LogP contribution is 2.23. The highest BCUT2D eigenvalue weighted by Gasteiger charge is 2.32. The number of nitrogens with one attached hydrogen (secondary N) is 1. The van der Waals surface area contributed by atoms with Gasteiger partial charge in [-0.25, -0.2) is 0 Å². The summed E-state index contributed by atoms with van der Waals surface area (Å²) in [6, 6.07) is 32.4. The van der Waals surface area contributed by atoms with E-state index < -0.39 is 6.04 Å². The molecule has 5 rings (SSSR count). The first kappa shape index (κ1) is 26.7. The maximum absolute atomic E-state index is 14.1. The number of amides is 2. The molecule has 2 amide bonds. The van der Waals surface area contributed by atoms with Gasteiger partial charge in [-0.05, 0) is 59.2 Å².